The van der Waals surface area contributed by atoms with E-state index in [-0.39, 0.29) is 9.49 Å². The molecule has 4 nitrogen and oxygen atoms in total. The van der Waals surface area contributed by atoms with Crippen LogP contribution in [-0.4, -0.2) is 85.0 Å². The molecule has 0 bridgehead atoms. The van der Waals surface area contributed by atoms with Crippen LogP contribution in [0, 0.1) is 0 Å². The van der Waals surface area contributed by atoms with E-state index in [1.807, 2.05) is 0 Å². The Hall–Kier alpha value is 0.190. The van der Waals surface area contributed by atoms with E-state index in [4.69, 9.17) is 9.47 Å². The van der Waals surface area contributed by atoms with Gasteiger partial charge in [-0.25, -0.2) is 0 Å². The van der Waals surface area contributed by atoms with Crippen LogP contribution < -0.4 is 0 Å². The molecule has 21 heavy (non-hydrogen) atoms. The molecule has 0 N–H and O–H groups in total. The quantitative estimate of drug-likeness (QED) is 0.746. The SMILES string of the molecule is CC(C)(CN1CCOCC1)SC(C)(C)CN1CCOCC1. The third kappa shape index (κ3) is 6.45. The van der Waals surface area contributed by atoms with Gasteiger partial charge in [0, 0.05) is 48.8 Å². The first kappa shape index (κ1) is 17.5. The summed E-state index contributed by atoms with van der Waals surface area (Å²) in [4.78, 5) is 5.09. The number of thioether (sulfide) groups is 1. The van der Waals surface area contributed by atoms with E-state index in [0.717, 1.165) is 65.7 Å². The third-order valence-corrected chi connectivity index (χ3v) is 5.33. The van der Waals surface area contributed by atoms with Gasteiger partial charge in [0.25, 0.3) is 0 Å². The summed E-state index contributed by atoms with van der Waals surface area (Å²) in [6.45, 7) is 19.7. The third-order valence-electron chi connectivity index (χ3n) is 3.97. The Morgan fingerprint density at radius 3 is 1.38 bits per heavy atom. The van der Waals surface area contributed by atoms with Gasteiger partial charge >= 0.3 is 0 Å². The smallest absolute Gasteiger partial charge is 0.0594 e. The first-order chi connectivity index (χ1) is 9.86. The first-order valence-electron chi connectivity index (χ1n) is 8.17. The summed E-state index contributed by atoms with van der Waals surface area (Å²) in [6, 6.07) is 0. The van der Waals surface area contributed by atoms with E-state index < -0.39 is 0 Å². The molecule has 2 aliphatic rings. The molecule has 5 heteroatoms. The highest BCUT2D eigenvalue weighted by atomic mass is 32.2. The van der Waals surface area contributed by atoms with Gasteiger partial charge in [-0.3, -0.25) is 9.80 Å². The second-order valence-electron chi connectivity index (χ2n) is 7.40. The molecule has 0 aromatic rings. The molecule has 0 radical (unpaired) electrons. The predicted octanol–water partition coefficient (Wildman–Crippen LogP) is 1.94. The lowest BCUT2D eigenvalue weighted by Crippen LogP contribution is -2.47. The van der Waals surface area contributed by atoms with Gasteiger partial charge in [-0.1, -0.05) is 0 Å². The van der Waals surface area contributed by atoms with Gasteiger partial charge in [-0.2, -0.15) is 0 Å². The summed E-state index contributed by atoms with van der Waals surface area (Å²) >= 11 is 2.13. The molecule has 0 unspecified atom stereocenters. The summed E-state index contributed by atoms with van der Waals surface area (Å²) in [5.41, 5.74) is 0. The molecular weight excluding hydrogens is 284 g/mol. The minimum Gasteiger partial charge on any atom is -0.379 e. The molecule has 2 fully saturated rings. The van der Waals surface area contributed by atoms with Crippen molar-refractivity contribution in [2.45, 2.75) is 37.2 Å². The molecule has 0 aromatic heterocycles. The van der Waals surface area contributed by atoms with Crippen LogP contribution in [0.4, 0.5) is 0 Å². The molecule has 0 spiro atoms. The van der Waals surface area contributed by atoms with Gasteiger partial charge in [0.1, 0.15) is 0 Å². The van der Waals surface area contributed by atoms with Crippen molar-refractivity contribution in [3.8, 4) is 0 Å². The number of nitrogens with zero attached hydrogens (tertiary/aromatic N) is 2. The molecule has 0 amide bonds. The zero-order valence-corrected chi connectivity index (χ0v) is 15.0. The molecule has 2 saturated heterocycles. The van der Waals surface area contributed by atoms with Crippen LogP contribution in [0.15, 0.2) is 0 Å². The van der Waals surface area contributed by atoms with E-state index in [9.17, 15) is 0 Å². The maximum Gasteiger partial charge on any atom is 0.0594 e. The number of ether oxygens (including phenoxy) is 2. The van der Waals surface area contributed by atoms with Crippen LogP contribution in [-0.2, 0) is 9.47 Å². The lowest BCUT2D eigenvalue weighted by molar-refractivity contribution is 0.0334. The lowest BCUT2D eigenvalue weighted by atomic mass is 10.1. The average Bonchev–Trinajstić information content (AvgIpc) is 2.38. The van der Waals surface area contributed by atoms with Gasteiger partial charge in [0.2, 0.25) is 0 Å². The highest BCUT2D eigenvalue weighted by Crippen LogP contribution is 2.37. The summed E-state index contributed by atoms with van der Waals surface area (Å²) in [5.74, 6) is 0. The zero-order valence-electron chi connectivity index (χ0n) is 14.2. The predicted molar refractivity (Wildman–Crippen MR) is 90.3 cm³/mol. The second-order valence-corrected chi connectivity index (χ2v) is 9.81. The fourth-order valence-corrected chi connectivity index (χ4v) is 5.40. The molecule has 2 rings (SSSR count). The molecule has 0 atom stereocenters. The van der Waals surface area contributed by atoms with E-state index in [1.165, 1.54) is 0 Å². The summed E-state index contributed by atoms with van der Waals surface area (Å²) in [7, 11) is 0. The minimum absolute atomic E-state index is 0.271. The highest BCUT2D eigenvalue weighted by molar-refractivity contribution is 8.02. The Kier molecular flexibility index (Phi) is 6.38. The fourth-order valence-electron chi connectivity index (χ4n) is 3.41. The maximum atomic E-state index is 5.45. The normalized spacial score (nSPS) is 23.4. The van der Waals surface area contributed by atoms with Crippen LogP contribution >= 0.6 is 11.8 Å². The Labute approximate surface area is 134 Å². The van der Waals surface area contributed by atoms with Gasteiger partial charge in [0.15, 0.2) is 0 Å². The van der Waals surface area contributed by atoms with Crippen molar-refractivity contribution in [2.75, 3.05) is 65.7 Å². The average molecular weight is 317 g/mol. The van der Waals surface area contributed by atoms with Gasteiger partial charge in [0.05, 0.1) is 26.4 Å². The maximum absolute atomic E-state index is 5.45. The first-order valence-corrected chi connectivity index (χ1v) is 8.98. The monoisotopic (exact) mass is 316 g/mol. The van der Waals surface area contributed by atoms with Gasteiger partial charge < -0.3 is 9.47 Å². The zero-order chi connectivity index (χ0) is 15.3. The van der Waals surface area contributed by atoms with Crippen molar-refractivity contribution in [2.24, 2.45) is 0 Å². The molecule has 124 valence electrons. The number of morpholine rings is 2. The summed E-state index contributed by atoms with van der Waals surface area (Å²) in [6.07, 6.45) is 0. The van der Waals surface area contributed by atoms with Crippen molar-refractivity contribution in [1.29, 1.82) is 0 Å². The Bertz CT molecular complexity index is 281. The second kappa shape index (κ2) is 7.64. The van der Waals surface area contributed by atoms with E-state index >= 15 is 0 Å². The summed E-state index contributed by atoms with van der Waals surface area (Å²) < 4.78 is 11.4. The van der Waals surface area contributed by atoms with Crippen molar-refractivity contribution in [3.63, 3.8) is 0 Å². The largest absolute Gasteiger partial charge is 0.379 e. The summed E-state index contributed by atoms with van der Waals surface area (Å²) in [5, 5.41) is 0. The van der Waals surface area contributed by atoms with Crippen LogP contribution in [0.25, 0.3) is 0 Å². The number of hydrogen-bond donors (Lipinski definition) is 0. The number of rotatable bonds is 6. The topological polar surface area (TPSA) is 24.9 Å². The van der Waals surface area contributed by atoms with Crippen molar-refractivity contribution in [3.05, 3.63) is 0 Å². The highest BCUT2D eigenvalue weighted by Gasteiger charge is 2.33. The lowest BCUT2D eigenvalue weighted by Gasteiger charge is -2.41. The standard InChI is InChI=1S/C16H32N2O2S/c1-15(2,13-17-5-9-19-10-6-17)21-16(3,4)14-18-7-11-20-12-8-18/h5-14H2,1-4H3. The molecule has 2 aliphatic heterocycles. The molecule has 2 heterocycles. The number of hydrogen-bond acceptors (Lipinski definition) is 5. The Morgan fingerprint density at radius 1 is 0.714 bits per heavy atom. The van der Waals surface area contributed by atoms with Crippen LogP contribution in [0.3, 0.4) is 0 Å². The van der Waals surface area contributed by atoms with Gasteiger partial charge in [-0.05, 0) is 27.7 Å². The van der Waals surface area contributed by atoms with Crippen LogP contribution in [0.5, 0.6) is 0 Å². The van der Waals surface area contributed by atoms with E-state index in [1.54, 1.807) is 0 Å². The van der Waals surface area contributed by atoms with E-state index in [2.05, 4.69) is 49.3 Å². The molecule has 0 aromatic carbocycles. The Balaban J connectivity index is 1.81. The van der Waals surface area contributed by atoms with E-state index in [0.29, 0.717) is 0 Å². The van der Waals surface area contributed by atoms with Gasteiger partial charge in [-0.15, -0.1) is 11.8 Å². The van der Waals surface area contributed by atoms with Crippen LogP contribution in [0.2, 0.25) is 0 Å². The molecule has 0 saturated carbocycles. The molecule has 0 aliphatic carbocycles. The van der Waals surface area contributed by atoms with Crippen molar-refractivity contribution in [1.82, 2.24) is 9.80 Å². The van der Waals surface area contributed by atoms with Crippen molar-refractivity contribution >= 4 is 11.8 Å². The fraction of sp³-hybridized carbons (Fsp3) is 1.00. The Morgan fingerprint density at radius 2 is 1.05 bits per heavy atom. The van der Waals surface area contributed by atoms with Crippen LogP contribution in [0.1, 0.15) is 27.7 Å². The molecular formula is C16H32N2O2S. The minimum atomic E-state index is 0.271. The van der Waals surface area contributed by atoms with Crippen molar-refractivity contribution < 1.29 is 9.47 Å².